The Morgan fingerprint density at radius 1 is 0.581 bits per heavy atom. The molecule has 62 heavy (non-hydrogen) atoms. The maximum absolute atomic E-state index is 16.8. The number of cyclic esters (lactones) is 1. The molecule has 0 bridgehead atoms. The Morgan fingerprint density at radius 3 is 1.39 bits per heavy atom. The van der Waals surface area contributed by atoms with Crippen LogP contribution < -0.4 is 10.6 Å². The number of anilines is 2. The van der Waals surface area contributed by atoms with Gasteiger partial charge in [0, 0.05) is 34.6 Å². The standard InChI is InChI=1S/C54H56F4N2O2/c1-5-52(3)29-25-37(26-30-52)59-43-23-15-13-21-39(43)41(35-17-9-7-10-18-35)33-54(46-45(51(61)62-54)47(55)49(57)50(58)48(46)56)34-42(36-19-11-8-12-20-36)40-22-14-16-24-44(40)60-38-27-31-53(4,6-2)32-28-38/h7-24,33-34,37-38,59-60H,5-6,25-32H2,1-4H3/b41-33+,42-34+. The molecule has 2 saturated carbocycles. The molecule has 0 aromatic heterocycles. The van der Waals surface area contributed by atoms with Crippen molar-refractivity contribution < 1.29 is 27.1 Å². The highest BCUT2D eigenvalue weighted by Crippen LogP contribution is 2.49. The second-order valence-electron chi connectivity index (χ2n) is 18.3. The molecule has 2 N–H and O–H groups in total. The Kier molecular flexibility index (Phi) is 12.2. The highest BCUT2D eigenvalue weighted by Gasteiger charge is 2.50. The zero-order valence-electron chi connectivity index (χ0n) is 36.1. The molecule has 0 radical (unpaired) electrons. The molecule has 5 aromatic rings. The first-order valence-electron chi connectivity index (χ1n) is 22.2. The summed E-state index contributed by atoms with van der Waals surface area (Å²) in [7, 11) is 0. The average Bonchev–Trinajstić information content (AvgIpc) is 3.59. The van der Waals surface area contributed by atoms with Gasteiger partial charge in [0.05, 0.1) is 5.56 Å². The predicted octanol–water partition coefficient (Wildman–Crippen LogP) is 14.4. The minimum absolute atomic E-state index is 0.184. The molecular formula is C54H56F4N2O2. The van der Waals surface area contributed by atoms with Gasteiger partial charge in [-0.1, -0.05) is 138 Å². The number of esters is 1. The van der Waals surface area contributed by atoms with Gasteiger partial charge in [0.2, 0.25) is 0 Å². The van der Waals surface area contributed by atoms with Crippen LogP contribution in [0.2, 0.25) is 0 Å². The van der Waals surface area contributed by atoms with Crippen LogP contribution in [0.4, 0.5) is 28.9 Å². The van der Waals surface area contributed by atoms with Crippen molar-refractivity contribution in [1.82, 2.24) is 0 Å². The van der Waals surface area contributed by atoms with Crippen molar-refractivity contribution in [3.63, 3.8) is 0 Å². The molecule has 8 heteroatoms. The summed E-state index contributed by atoms with van der Waals surface area (Å²) in [6.07, 6.45) is 13.6. The number of rotatable bonds is 12. The summed E-state index contributed by atoms with van der Waals surface area (Å²) < 4.78 is 69.8. The van der Waals surface area contributed by atoms with Gasteiger partial charge in [0.25, 0.3) is 0 Å². The molecule has 0 spiro atoms. The largest absolute Gasteiger partial charge is 0.442 e. The lowest BCUT2D eigenvalue weighted by atomic mass is 9.72. The Labute approximate surface area is 363 Å². The van der Waals surface area contributed by atoms with Crippen molar-refractivity contribution in [3.05, 3.63) is 178 Å². The van der Waals surface area contributed by atoms with Crippen LogP contribution in [-0.2, 0) is 10.3 Å². The molecule has 0 amide bonds. The van der Waals surface area contributed by atoms with Crippen LogP contribution in [0.15, 0.2) is 121 Å². The summed E-state index contributed by atoms with van der Waals surface area (Å²) >= 11 is 0. The Balaban J connectivity index is 1.36. The Hall–Kier alpha value is -5.63. The van der Waals surface area contributed by atoms with E-state index in [2.05, 4.69) is 38.3 Å². The van der Waals surface area contributed by atoms with E-state index in [-0.39, 0.29) is 22.9 Å². The van der Waals surface area contributed by atoms with Crippen molar-refractivity contribution in [3.8, 4) is 0 Å². The monoisotopic (exact) mass is 840 g/mol. The topological polar surface area (TPSA) is 50.4 Å². The van der Waals surface area contributed by atoms with E-state index in [0.29, 0.717) is 33.4 Å². The Bertz CT molecular complexity index is 2350. The van der Waals surface area contributed by atoms with Crippen LogP contribution in [0.5, 0.6) is 0 Å². The molecule has 0 saturated heterocycles. The minimum atomic E-state index is -2.27. The SMILES string of the molecule is CCC1(C)CCC(Nc2ccccc2/C(=C/C2(/C=C(\c3ccccc3)c3ccccc3NC3CCC(C)(CC)CC3)OC(=O)c3c(F)c(F)c(F)c(F)c32)c2ccccc2)CC1. The van der Waals surface area contributed by atoms with Gasteiger partial charge >= 0.3 is 5.97 Å². The number of benzene rings is 5. The third-order valence-corrected chi connectivity index (χ3v) is 14.3. The molecule has 0 unspecified atom stereocenters. The first kappa shape index (κ1) is 43.0. The van der Waals surface area contributed by atoms with E-state index in [1.54, 1.807) is 12.2 Å². The van der Waals surface area contributed by atoms with Gasteiger partial charge in [-0.05, 0) is 109 Å². The number of carbonyl (C=O) groups excluding carboxylic acids is 1. The summed E-state index contributed by atoms with van der Waals surface area (Å²) in [4.78, 5) is 14.0. The van der Waals surface area contributed by atoms with Gasteiger partial charge in [-0.3, -0.25) is 0 Å². The summed E-state index contributed by atoms with van der Waals surface area (Å²) in [5.74, 6) is -8.90. The number of ether oxygens (including phenoxy) is 1. The molecule has 2 fully saturated rings. The van der Waals surface area contributed by atoms with Gasteiger partial charge in [-0.2, -0.15) is 0 Å². The van der Waals surface area contributed by atoms with Crippen molar-refractivity contribution in [1.29, 1.82) is 0 Å². The van der Waals surface area contributed by atoms with Gasteiger partial charge in [-0.25, -0.2) is 22.4 Å². The third kappa shape index (κ3) is 8.45. The fourth-order valence-corrected chi connectivity index (χ4v) is 9.74. The fourth-order valence-electron chi connectivity index (χ4n) is 9.74. The van der Waals surface area contributed by atoms with Crippen molar-refractivity contribution >= 4 is 28.5 Å². The maximum Gasteiger partial charge on any atom is 0.343 e. The zero-order valence-corrected chi connectivity index (χ0v) is 36.1. The molecule has 322 valence electrons. The van der Waals surface area contributed by atoms with Gasteiger partial charge in [-0.15, -0.1) is 0 Å². The summed E-state index contributed by atoms with van der Waals surface area (Å²) in [6, 6.07) is 34.6. The number of para-hydroxylation sites is 2. The van der Waals surface area contributed by atoms with E-state index in [4.69, 9.17) is 4.74 Å². The van der Waals surface area contributed by atoms with Gasteiger partial charge < -0.3 is 15.4 Å². The second kappa shape index (κ2) is 17.6. The Morgan fingerprint density at radius 2 is 0.968 bits per heavy atom. The van der Waals surface area contributed by atoms with Crippen molar-refractivity contribution in [2.75, 3.05) is 10.6 Å². The maximum atomic E-state index is 16.8. The molecule has 4 nitrogen and oxygen atoms in total. The van der Waals surface area contributed by atoms with Crippen LogP contribution in [0, 0.1) is 34.1 Å². The zero-order chi connectivity index (χ0) is 43.6. The predicted molar refractivity (Wildman–Crippen MR) is 242 cm³/mol. The highest BCUT2D eigenvalue weighted by atomic mass is 19.2. The first-order valence-corrected chi connectivity index (χ1v) is 22.2. The fraction of sp³-hybridized carbons (Fsp3) is 0.352. The van der Waals surface area contributed by atoms with E-state index in [9.17, 15) is 4.79 Å². The molecule has 1 aliphatic heterocycles. The molecule has 0 atom stereocenters. The van der Waals surface area contributed by atoms with E-state index in [1.165, 1.54) is 0 Å². The number of carbonyl (C=O) groups is 1. The van der Waals surface area contributed by atoms with Crippen LogP contribution in [0.25, 0.3) is 11.1 Å². The van der Waals surface area contributed by atoms with E-state index in [1.807, 2.05) is 109 Å². The van der Waals surface area contributed by atoms with Crippen LogP contribution in [-0.4, -0.2) is 18.1 Å². The number of halogens is 4. The van der Waals surface area contributed by atoms with E-state index < -0.39 is 46.0 Å². The number of hydrogen-bond donors (Lipinski definition) is 2. The lowest BCUT2D eigenvalue weighted by Gasteiger charge is -2.37. The molecule has 1 heterocycles. The molecule has 5 aromatic carbocycles. The van der Waals surface area contributed by atoms with Gasteiger partial charge in [0.1, 0.15) is 5.56 Å². The summed E-state index contributed by atoms with van der Waals surface area (Å²) in [6.45, 7) is 9.16. The molecular weight excluding hydrogens is 785 g/mol. The van der Waals surface area contributed by atoms with Crippen molar-refractivity contribution in [2.45, 2.75) is 110 Å². The second-order valence-corrected chi connectivity index (χ2v) is 18.3. The number of fused-ring (bicyclic) bond motifs is 1. The van der Waals surface area contributed by atoms with E-state index in [0.717, 1.165) is 75.6 Å². The lowest BCUT2D eigenvalue weighted by molar-refractivity contribution is 0.0291. The molecule has 3 aliphatic rings. The summed E-state index contributed by atoms with van der Waals surface area (Å²) in [5, 5.41) is 7.59. The van der Waals surface area contributed by atoms with Crippen LogP contribution >= 0.6 is 0 Å². The molecule has 2 aliphatic carbocycles. The quantitative estimate of drug-likeness (QED) is 0.0569. The minimum Gasteiger partial charge on any atom is -0.442 e. The third-order valence-electron chi connectivity index (χ3n) is 14.3. The highest BCUT2D eigenvalue weighted by molar-refractivity contribution is 5.99. The average molecular weight is 841 g/mol. The van der Waals surface area contributed by atoms with Gasteiger partial charge in [0.15, 0.2) is 28.9 Å². The summed E-state index contributed by atoms with van der Waals surface area (Å²) in [5.41, 5.74) is 2.03. The number of hydrogen-bond acceptors (Lipinski definition) is 4. The van der Waals surface area contributed by atoms with Crippen molar-refractivity contribution in [2.24, 2.45) is 10.8 Å². The molecule has 8 rings (SSSR count). The first-order chi connectivity index (χ1) is 29.9. The lowest BCUT2D eigenvalue weighted by Crippen LogP contribution is -2.31. The van der Waals surface area contributed by atoms with E-state index >= 15 is 17.6 Å². The normalized spacial score (nSPS) is 25.3. The number of nitrogens with one attached hydrogen (secondary N) is 2. The van der Waals surface area contributed by atoms with Crippen LogP contribution in [0.1, 0.15) is 130 Å². The van der Waals surface area contributed by atoms with Crippen LogP contribution in [0.3, 0.4) is 0 Å². The smallest absolute Gasteiger partial charge is 0.343 e.